The highest BCUT2D eigenvalue weighted by molar-refractivity contribution is 5.94. The smallest absolute Gasteiger partial charge is 0.258 e. The summed E-state index contributed by atoms with van der Waals surface area (Å²) in [6.45, 7) is 7.68. The lowest BCUT2D eigenvalue weighted by molar-refractivity contribution is -0.124. The van der Waals surface area contributed by atoms with Gasteiger partial charge in [0.05, 0.1) is 24.5 Å². The molecule has 0 radical (unpaired) electrons. The molecule has 0 aliphatic carbocycles. The maximum Gasteiger partial charge on any atom is 0.258 e. The van der Waals surface area contributed by atoms with Gasteiger partial charge in [0.1, 0.15) is 17.3 Å². The van der Waals surface area contributed by atoms with E-state index in [2.05, 4.69) is 15.7 Å². The van der Waals surface area contributed by atoms with Crippen molar-refractivity contribution in [2.75, 3.05) is 19.0 Å². The Morgan fingerprint density at radius 1 is 1.14 bits per heavy atom. The number of anilines is 2. The number of hydrogen-bond donors (Lipinski definition) is 2. The summed E-state index contributed by atoms with van der Waals surface area (Å²) in [6.07, 6.45) is 3.60. The number of carbonyl (C=O) groups excluding carboxylic acids is 1. The first-order valence-corrected chi connectivity index (χ1v) is 11.3. The Morgan fingerprint density at radius 2 is 1.94 bits per heavy atom. The lowest BCUT2D eigenvalue weighted by Crippen LogP contribution is -2.43. The molecule has 0 saturated heterocycles. The Morgan fingerprint density at radius 3 is 2.63 bits per heavy atom. The van der Waals surface area contributed by atoms with Gasteiger partial charge in [-0.2, -0.15) is 5.10 Å². The van der Waals surface area contributed by atoms with Crippen molar-refractivity contribution in [1.82, 2.24) is 25.1 Å². The van der Waals surface area contributed by atoms with Crippen molar-refractivity contribution in [3.05, 3.63) is 54.4 Å². The number of aryl methyl sites for hydroxylation is 2. The van der Waals surface area contributed by atoms with Gasteiger partial charge in [-0.25, -0.2) is 9.97 Å². The van der Waals surface area contributed by atoms with Crippen molar-refractivity contribution in [2.24, 2.45) is 7.05 Å². The summed E-state index contributed by atoms with van der Waals surface area (Å²) in [7, 11) is 3.50. The van der Waals surface area contributed by atoms with Crippen LogP contribution >= 0.6 is 0 Å². The molecule has 0 aliphatic rings. The maximum atomic E-state index is 12.2. The number of aromatic nitrogens is 4. The topological polar surface area (TPSA) is 103 Å². The van der Waals surface area contributed by atoms with Crippen LogP contribution in [-0.2, 0) is 11.8 Å². The Balaban J connectivity index is 1.69. The minimum Gasteiger partial charge on any atom is -0.496 e. The second-order valence-electron chi connectivity index (χ2n) is 9.38. The summed E-state index contributed by atoms with van der Waals surface area (Å²) in [5.41, 5.74) is 3.00. The van der Waals surface area contributed by atoms with Crippen molar-refractivity contribution in [3.8, 4) is 22.9 Å². The molecule has 2 aromatic carbocycles. The molecular formula is C26H30N6O3. The Kier molecular flexibility index (Phi) is 6.59. The van der Waals surface area contributed by atoms with Crippen LogP contribution in [0.2, 0.25) is 0 Å². The Bertz CT molecular complexity index is 1370. The Hall–Kier alpha value is -4.14. The monoisotopic (exact) mass is 474 g/mol. The van der Waals surface area contributed by atoms with Crippen LogP contribution in [0.25, 0.3) is 22.3 Å². The van der Waals surface area contributed by atoms with Gasteiger partial charge >= 0.3 is 0 Å². The zero-order valence-corrected chi connectivity index (χ0v) is 20.8. The highest BCUT2D eigenvalue weighted by atomic mass is 16.5. The molecule has 0 atom stereocenters. The van der Waals surface area contributed by atoms with Gasteiger partial charge in [0.2, 0.25) is 0 Å². The summed E-state index contributed by atoms with van der Waals surface area (Å²) in [6, 6.07) is 11.3. The molecular weight excluding hydrogens is 444 g/mol. The van der Waals surface area contributed by atoms with Crippen molar-refractivity contribution < 1.29 is 14.3 Å². The van der Waals surface area contributed by atoms with Gasteiger partial charge < -0.3 is 20.1 Å². The van der Waals surface area contributed by atoms with E-state index in [1.54, 1.807) is 24.1 Å². The quantitative estimate of drug-likeness (QED) is 0.410. The maximum absolute atomic E-state index is 12.2. The van der Waals surface area contributed by atoms with Crippen LogP contribution in [0.3, 0.4) is 0 Å². The summed E-state index contributed by atoms with van der Waals surface area (Å²) in [5.74, 6) is 2.29. The first-order chi connectivity index (χ1) is 16.6. The molecule has 0 aliphatic heterocycles. The first-order valence-electron chi connectivity index (χ1n) is 11.3. The van der Waals surface area contributed by atoms with Gasteiger partial charge in [-0.05, 0) is 57.5 Å². The third-order valence-electron chi connectivity index (χ3n) is 5.16. The van der Waals surface area contributed by atoms with Gasteiger partial charge in [-0.1, -0.05) is 12.1 Å². The van der Waals surface area contributed by atoms with Crippen LogP contribution in [0.4, 0.5) is 11.5 Å². The number of carbonyl (C=O) groups is 1. The average molecular weight is 475 g/mol. The van der Waals surface area contributed by atoms with Crippen molar-refractivity contribution in [2.45, 2.75) is 33.2 Å². The van der Waals surface area contributed by atoms with Gasteiger partial charge in [0, 0.05) is 29.7 Å². The van der Waals surface area contributed by atoms with E-state index < -0.39 is 0 Å². The molecule has 9 nitrogen and oxygen atoms in total. The van der Waals surface area contributed by atoms with E-state index in [9.17, 15) is 4.79 Å². The average Bonchev–Trinajstić information content (AvgIpc) is 3.20. The first kappa shape index (κ1) is 24.0. The standard InChI is InChI=1S/C26H30N6O3/c1-16-10-21-20(12-22(16)34-6)25(28-18-13-27-32(5)14-18)30-24(29-21)17-8-7-9-19(11-17)35-15-23(33)31-26(2,3)4/h7-14H,15H2,1-6H3,(H,31,33)(H,28,29,30). The van der Waals surface area contributed by atoms with Crippen LogP contribution in [-0.4, -0.2) is 44.9 Å². The molecule has 2 aromatic heterocycles. The zero-order valence-electron chi connectivity index (χ0n) is 20.8. The van der Waals surface area contributed by atoms with Gasteiger partial charge in [0.15, 0.2) is 12.4 Å². The van der Waals surface area contributed by atoms with Crippen molar-refractivity contribution in [3.63, 3.8) is 0 Å². The minimum absolute atomic E-state index is 0.0773. The molecule has 0 spiro atoms. The summed E-state index contributed by atoms with van der Waals surface area (Å²) < 4.78 is 13.0. The van der Waals surface area contributed by atoms with Crippen LogP contribution in [0, 0.1) is 6.92 Å². The van der Waals surface area contributed by atoms with E-state index in [1.165, 1.54) is 0 Å². The lowest BCUT2D eigenvalue weighted by Gasteiger charge is -2.20. The second-order valence-corrected chi connectivity index (χ2v) is 9.38. The number of methoxy groups -OCH3 is 1. The molecule has 2 N–H and O–H groups in total. The number of rotatable bonds is 7. The molecule has 4 aromatic rings. The fraction of sp³-hybridized carbons (Fsp3) is 0.308. The molecule has 4 rings (SSSR count). The summed E-state index contributed by atoms with van der Waals surface area (Å²) in [4.78, 5) is 21.8. The number of fused-ring (bicyclic) bond motifs is 1. The molecule has 9 heteroatoms. The molecule has 0 unspecified atom stereocenters. The van der Waals surface area contributed by atoms with Crippen LogP contribution in [0.1, 0.15) is 26.3 Å². The SMILES string of the molecule is COc1cc2c(Nc3cnn(C)c3)nc(-c3cccc(OCC(=O)NC(C)(C)C)c3)nc2cc1C. The summed E-state index contributed by atoms with van der Waals surface area (Å²) in [5, 5.41) is 11.3. The predicted molar refractivity (Wildman–Crippen MR) is 136 cm³/mol. The predicted octanol–water partition coefficient (Wildman–Crippen LogP) is 4.38. The molecule has 182 valence electrons. The number of nitrogens with zero attached hydrogens (tertiary/aromatic N) is 4. The fourth-order valence-corrected chi connectivity index (χ4v) is 3.66. The third-order valence-corrected chi connectivity index (χ3v) is 5.16. The molecule has 1 amide bonds. The number of nitrogens with one attached hydrogen (secondary N) is 2. The zero-order chi connectivity index (χ0) is 25.2. The summed E-state index contributed by atoms with van der Waals surface area (Å²) >= 11 is 0. The van der Waals surface area contributed by atoms with Crippen molar-refractivity contribution >= 4 is 28.3 Å². The molecule has 0 bridgehead atoms. The van der Waals surface area contributed by atoms with Crippen LogP contribution < -0.4 is 20.1 Å². The van der Waals surface area contributed by atoms with Crippen molar-refractivity contribution in [1.29, 1.82) is 0 Å². The largest absolute Gasteiger partial charge is 0.496 e. The molecule has 0 saturated carbocycles. The minimum atomic E-state index is -0.320. The second kappa shape index (κ2) is 9.61. The van der Waals surface area contributed by atoms with E-state index >= 15 is 0 Å². The van der Waals surface area contributed by atoms with E-state index in [1.807, 2.05) is 71.3 Å². The fourth-order valence-electron chi connectivity index (χ4n) is 3.66. The molecule has 2 heterocycles. The van der Waals surface area contributed by atoms with E-state index in [0.717, 1.165) is 33.5 Å². The van der Waals surface area contributed by atoms with E-state index in [-0.39, 0.29) is 18.1 Å². The van der Waals surface area contributed by atoms with E-state index in [4.69, 9.17) is 19.4 Å². The number of benzene rings is 2. The van der Waals surface area contributed by atoms with Gasteiger partial charge in [-0.15, -0.1) is 0 Å². The third kappa shape index (κ3) is 5.87. The lowest BCUT2D eigenvalue weighted by atomic mass is 10.1. The highest BCUT2D eigenvalue weighted by Gasteiger charge is 2.16. The van der Waals surface area contributed by atoms with E-state index in [0.29, 0.717) is 17.4 Å². The molecule has 35 heavy (non-hydrogen) atoms. The normalized spacial score (nSPS) is 11.4. The van der Waals surface area contributed by atoms with Gasteiger partial charge in [-0.3, -0.25) is 9.48 Å². The molecule has 0 fully saturated rings. The van der Waals surface area contributed by atoms with Crippen LogP contribution in [0.15, 0.2) is 48.8 Å². The number of ether oxygens (including phenoxy) is 2. The Labute approximate surface area is 204 Å². The number of hydrogen-bond acceptors (Lipinski definition) is 7. The van der Waals surface area contributed by atoms with Gasteiger partial charge in [0.25, 0.3) is 5.91 Å². The highest BCUT2D eigenvalue weighted by Crippen LogP contribution is 2.32. The van der Waals surface area contributed by atoms with Crippen LogP contribution in [0.5, 0.6) is 11.5 Å². The number of amides is 1.